The lowest BCUT2D eigenvalue weighted by atomic mass is 10.0. The Hall–Kier alpha value is -2.79. The summed E-state index contributed by atoms with van der Waals surface area (Å²) in [5, 5.41) is 2.76. The second-order valence-corrected chi connectivity index (χ2v) is 7.62. The van der Waals surface area contributed by atoms with Gasteiger partial charge in [-0.2, -0.15) is 0 Å². The van der Waals surface area contributed by atoms with Gasteiger partial charge in [0.25, 0.3) is 0 Å². The molecule has 0 unspecified atom stereocenters. The number of aromatic nitrogens is 1. The third-order valence-corrected chi connectivity index (χ3v) is 5.06. The number of hydrogen-bond acceptors (Lipinski definition) is 5. The standard InChI is InChI=1S/C23H23NO3S/c1-3-12-27-20-10-8-18(9-11-20)21-15-28-23(24-21)14-22(26)19-6-4-17(5-7-19)13-16(2)25/h4-11,15H,3,12-14H2,1-2H3. The minimum Gasteiger partial charge on any atom is -0.494 e. The Labute approximate surface area is 169 Å². The van der Waals surface area contributed by atoms with Crippen LogP contribution in [0.15, 0.2) is 53.9 Å². The highest BCUT2D eigenvalue weighted by Crippen LogP contribution is 2.25. The molecule has 0 fully saturated rings. The molecule has 0 amide bonds. The summed E-state index contributed by atoms with van der Waals surface area (Å²) >= 11 is 1.49. The molecule has 1 aromatic heterocycles. The first-order valence-electron chi connectivity index (χ1n) is 9.34. The van der Waals surface area contributed by atoms with Crippen LogP contribution in [-0.2, 0) is 17.6 Å². The maximum absolute atomic E-state index is 12.5. The van der Waals surface area contributed by atoms with E-state index in [1.807, 2.05) is 41.8 Å². The molecule has 0 radical (unpaired) electrons. The van der Waals surface area contributed by atoms with Gasteiger partial charge >= 0.3 is 0 Å². The van der Waals surface area contributed by atoms with Gasteiger partial charge in [0.1, 0.15) is 16.5 Å². The highest BCUT2D eigenvalue weighted by molar-refractivity contribution is 7.10. The molecule has 4 nitrogen and oxygen atoms in total. The summed E-state index contributed by atoms with van der Waals surface area (Å²) < 4.78 is 5.60. The third-order valence-electron chi connectivity index (χ3n) is 4.22. The van der Waals surface area contributed by atoms with Crippen molar-refractivity contribution >= 4 is 22.9 Å². The predicted octanol–water partition coefficient (Wildman–Crippen LogP) is 5.16. The quantitative estimate of drug-likeness (QED) is 0.472. The summed E-state index contributed by atoms with van der Waals surface area (Å²) in [4.78, 5) is 28.3. The van der Waals surface area contributed by atoms with Crippen LogP contribution >= 0.6 is 11.3 Å². The van der Waals surface area contributed by atoms with E-state index in [9.17, 15) is 9.59 Å². The van der Waals surface area contributed by atoms with Crippen molar-refractivity contribution in [3.8, 4) is 17.0 Å². The monoisotopic (exact) mass is 393 g/mol. The van der Waals surface area contributed by atoms with Crippen molar-refractivity contribution in [1.82, 2.24) is 4.98 Å². The molecular formula is C23H23NO3S. The number of ether oxygens (including phenoxy) is 1. The van der Waals surface area contributed by atoms with Gasteiger partial charge in [-0.15, -0.1) is 11.3 Å². The topological polar surface area (TPSA) is 56.3 Å². The van der Waals surface area contributed by atoms with Gasteiger partial charge in [-0.25, -0.2) is 4.98 Å². The molecule has 144 valence electrons. The van der Waals surface area contributed by atoms with Crippen LogP contribution < -0.4 is 4.74 Å². The lowest BCUT2D eigenvalue weighted by Gasteiger charge is -2.04. The van der Waals surface area contributed by atoms with Gasteiger partial charge in [0, 0.05) is 22.9 Å². The number of rotatable bonds is 9. The lowest BCUT2D eigenvalue weighted by Crippen LogP contribution is -2.04. The number of hydrogen-bond donors (Lipinski definition) is 0. The van der Waals surface area contributed by atoms with Crippen LogP contribution in [-0.4, -0.2) is 23.2 Å². The van der Waals surface area contributed by atoms with Crippen LogP contribution in [0.1, 0.15) is 41.2 Å². The van der Waals surface area contributed by atoms with Crippen LogP contribution in [0.4, 0.5) is 0 Å². The first kappa shape index (κ1) is 20.0. The summed E-state index contributed by atoms with van der Waals surface area (Å²) in [5.41, 5.74) is 3.44. The zero-order valence-corrected chi connectivity index (χ0v) is 16.9. The molecule has 2 aromatic carbocycles. The molecule has 0 aliphatic rings. The van der Waals surface area contributed by atoms with E-state index in [0.717, 1.165) is 34.0 Å². The van der Waals surface area contributed by atoms with E-state index < -0.39 is 0 Å². The fourth-order valence-corrected chi connectivity index (χ4v) is 3.60. The van der Waals surface area contributed by atoms with Gasteiger partial charge < -0.3 is 4.74 Å². The molecule has 3 rings (SSSR count). The van der Waals surface area contributed by atoms with E-state index in [1.54, 1.807) is 19.1 Å². The number of benzene rings is 2. The van der Waals surface area contributed by atoms with Gasteiger partial charge in [0.15, 0.2) is 5.78 Å². The smallest absolute Gasteiger partial charge is 0.169 e. The molecule has 0 bridgehead atoms. The number of carbonyl (C=O) groups is 2. The second-order valence-electron chi connectivity index (χ2n) is 6.67. The number of thiazole rings is 1. The van der Waals surface area contributed by atoms with E-state index in [1.165, 1.54) is 11.3 Å². The van der Waals surface area contributed by atoms with E-state index in [0.29, 0.717) is 18.6 Å². The van der Waals surface area contributed by atoms with Gasteiger partial charge in [0.2, 0.25) is 0 Å². The van der Waals surface area contributed by atoms with Gasteiger partial charge in [0.05, 0.1) is 18.7 Å². The highest BCUT2D eigenvalue weighted by atomic mass is 32.1. The van der Waals surface area contributed by atoms with Crippen molar-refractivity contribution in [3.05, 3.63) is 70.0 Å². The van der Waals surface area contributed by atoms with Gasteiger partial charge in [-0.1, -0.05) is 31.2 Å². The summed E-state index contributed by atoms with van der Waals surface area (Å²) in [5.74, 6) is 0.988. The average Bonchev–Trinajstić information content (AvgIpc) is 3.15. The zero-order chi connectivity index (χ0) is 19.9. The molecule has 0 aliphatic heterocycles. The predicted molar refractivity (Wildman–Crippen MR) is 112 cm³/mol. The van der Waals surface area contributed by atoms with Crippen LogP contribution in [0.2, 0.25) is 0 Å². The molecular weight excluding hydrogens is 370 g/mol. The van der Waals surface area contributed by atoms with Crippen molar-refractivity contribution < 1.29 is 14.3 Å². The van der Waals surface area contributed by atoms with Crippen LogP contribution in [0.25, 0.3) is 11.3 Å². The summed E-state index contributed by atoms with van der Waals surface area (Å²) in [7, 11) is 0. The van der Waals surface area contributed by atoms with E-state index in [2.05, 4.69) is 11.9 Å². The Morgan fingerprint density at radius 3 is 2.36 bits per heavy atom. The van der Waals surface area contributed by atoms with E-state index in [4.69, 9.17) is 4.74 Å². The Morgan fingerprint density at radius 1 is 1.00 bits per heavy atom. The van der Waals surface area contributed by atoms with Crippen molar-refractivity contribution in [2.24, 2.45) is 0 Å². The largest absolute Gasteiger partial charge is 0.494 e. The normalized spacial score (nSPS) is 10.6. The van der Waals surface area contributed by atoms with E-state index in [-0.39, 0.29) is 18.0 Å². The Balaban J connectivity index is 1.63. The fourth-order valence-electron chi connectivity index (χ4n) is 2.80. The van der Waals surface area contributed by atoms with Gasteiger partial charge in [-0.05, 0) is 43.2 Å². The summed E-state index contributed by atoms with van der Waals surface area (Å²) in [6.45, 7) is 4.34. The number of nitrogens with zero attached hydrogens (tertiary/aromatic N) is 1. The summed E-state index contributed by atoms with van der Waals surface area (Å²) in [6.07, 6.45) is 1.64. The van der Waals surface area contributed by atoms with Crippen LogP contribution in [0.3, 0.4) is 0 Å². The Bertz CT molecular complexity index is 943. The molecule has 1 heterocycles. The fraction of sp³-hybridized carbons (Fsp3) is 0.261. The molecule has 28 heavy (non-hydrogen) atoms. The lowest BCUT2D eigenvalue weighted by molar-refractivity contribution is -0.116. The first-order valence-corrected chi connectivity index (χ1v) is 10.2. The van der Waals surface area contributed by atoms with Crippen LogP contribution in [0.5, 0.6) is 5.75 Å². The average molecular weight is 394 g/mol. The molecule has 0 spiro atoms. The second kappa shape index (κ2) is 9.42. The van der Waals surface area contributed by atoms with Crippen molar-refractivity contribution in [1.29, 1.82) is 0 Å². The van der Waals surface area contributed by atoms with Gasteiger partial charge in [-0.3, -0.25) is 9.59 Å². The van der Waals surface area contributed by atoms with Crippen molar-refractivity contribution in [3.63, 3.8) is 0 Å². The van der Waals surface area contributed by atoms with E-state index >= 15 is 0 Å². The number of ketones is 2. The first-order chi connectivity index (χ1) is 13.5. The maximum Gasteiger partial charge on any atom is 0.169 e. The SMILES string of the molecule is CCCOc1ccc(-c2csc(CC(=O)c3ccc(CC(C)=O)cc3)n2)cc1. The molecule has 5 heteroatoms. The molecule has 0 saturated heterocycles. The molecule has 0 saturated carbocycles. The highest BCUT2D eigenvalue weighted by Gasteiger charge is 2.12. The zero-order valence-electron chi connectivity index (χ0n) is 16.1. The van der Waals surface area contributed by atoms with Crippen molar-refractivity contribution in [2.45, 2.75) is 33.1 Å². The minimum atomic E-state index is 0.0265. The molecule has 0 N–H and O–H groups in total. The maximum atomic E-state index is 12.5. The third kappa shape index (κ3) is 5.36. The number of carbonyl (C=O) groups excluding carboxylic acids is 2. The molecule has 0 aliphatic carbocycles. The minimum absolute atomic E-state index is 0.0265. The molecule has 0 atom stereocenters. The Kier molecular flexibility index (Phi) is 6.71. The Morgan fingerprint density at radius 2 is 1.71 bits per heavy atom. The molecule has 3 aromatic rings. The number of Topliss-reactive ketones (excluding diaryl/α,β-unsaturated/α-hetero) is 2. The van der Waals surface area contributed by atoms with Crippen molar-refractivity contribution in [2.75, 3.05) is 6.61 Å². The van der Waals surface area contributed by atoms with Crippen LogP contribution in [0, 0.1) is 0 Å². The summed E-state index contributed by atoms with van der Waals surface area (Å²) in [6, 6.07) is 15.1.